The molecule has 0 bridgehead atoms. The van der Waals surface area contributed by atoms with Crippen molar-refractivity contribution in [2.75, 3.05) is 19.5 Å². The number of H-pyrrole nitrogens is 1. The first-order valence-electron chi connectivity index (χ1n) is 6.70. The largest absolute Gasteiger partial charge is 0.497 e. The number of imidazole rings is 1. The molecule has 3 rings (SSSR count). The van der Waals surface area contributed by atoms with Gasteiger partial charge in [-0.05, 0) is 24.3 Å². The van der Waals surface area contributed by atoms with E-state index in [1.54, 1.807) is 25.1 Å². The highest BCUT2D eigenvalue weighted by Crippen LogP contribution is 2.30. The second-order valence-electron chi connectivity index (χ2n) is 4.52. The van der Waals surface area contributed by atoms with E-state index in [0.29, 0.717) is 17.1 Å². The Kier molecular flexibility index (Phi) is 4.33. The Bertz CT molecular complexity index is 850. The van der Waals surface area contributed by atoms with Gasteiger partial charge >= 0.3 is 6.09 Å². The monoisotopic (exact) mass is 330 g/mol. The molecule has 0 saturated heterocycles. The molecule has 0 aliphatic rings. The highest BCUT2D eigenvalue weighted by molar-refractivity contribution is 7.99. The minimum absolute atomic E-state index is 0.294. The maximum absolute atomic E-state index is 11.2. The Labute approximate surface area is 136 Å². The number of nitrogens with zero attached hydrogens (tertiary/aromatic N) is 2. The van der Waals surface area contributed by atoms with E-state index >= 15 is 0 Å². The molecule has 1 amide bonds. The molecule has 8 heteroatoms. The molecule has 7 nitrogen and oxygen atoms in total. The number of methoxy groups -OCH3 is 2. The fourth-order valence-electron chi connectivity index (χ4n) is 1.94. The number of carbonyl (C=O) groups excluding carboxylic acids is 1. The molecule has 2 heterocycles. The molecule has 0 saturated carbocycles. The maximum Gasteiger partial charge on any atom is 0.413 e. The molecule has 0 spiro atoms. The van der Waals surface area contributed by atoms with Crippen molar-refractivity contribution in [2.45, 2.75) is 9.79 Å². The van der Waals surface area contributed by atoms with Gasteiger partial charge < -0.3 is 14.5 Å². The van der Waals surface area contributed by atoms with Crippen LogP contribution in [0, 0.1) is 0 Å². The van der Waals surface area contributed by atoms with E-state index in [1.807, 2.05) is 30.3 Å². The van der Waals surface area contributed by atoms with Crippen LogP contribution in [0.5, 0.6) is 5.75 Å². The van der Waals surface area contributed by atoms with Crippen LogP contribution in [0.4, 0.5) is 10.7 Å². The van der Waals surface area contributed by atoms with Gasteiger partial charge in [-0.15, -0.1) is 0 Å². The van der Waals surface area contributed by atoms with Crippen molar-refractivity contribution in [3.63, 3.8) is 0 Å². The number of aromatic amines is 1. The van der Waals surface area contributed by atoms with Crippen molar-refractivity contribution in [3.05, 3.63) is 36.5 Å². The van der Waals surface area contributed by atoms with Gasteiger partial charge in [0.15, 0.2) is 5.65 Å². The Balaban J connectivity index is 1.83. The lowest BCUT2D eigenvalue weighted by Crippen LogP contribution is -2.11. The Morgan fingerprint density at radius 1 is 1.26 bits per heavy atom. The summed E-state index contributed by atoms with van der Waals surface area (Å²) < 4.78 is 9.74. The number of carbonyl (C=O) groups is 1. The van der Waals surface area contributed by atoms with Crippen LogP contribution in [0.2, 0.25) is 0 Å². The Morgan fingerprint density at radius 3 is 2.91 bits per heavy atom. The molecule has 0 aliphatic carbocycles. The molecule has 118 valence electrons. The highest BCUT2D eigenvalue weighted by atomic mass is 32.2. The van der Waals surface area contributed by atoms with Crippen LogP contribution in [0.25, 0.3) is 11.2 Å². The lowest BCUT2D eigenvalue weighted by atomic mass is 10.3. The SMILES string of the molecule is COC(=O)Nc1nc2cc(Sc3cccc(OC)c3)cnc2[nH]1. The van der Waals surface area contributed by atoms with Gasteiger partial charge in [0, 0.05) is 16.0 Å². The zero-order chi connectivity index (χ0) is 16.2. The van der Waals surface area contributed by atoms with Gasteiger partial charge in [0.05, 0.1) is 14.2 Å². The van der Waals surface area contributed by atoms with Crippen molar-refractivity contribution < 1.29 is 14.3 Å². The zero-order valence-electron chi connectivity index (χ0n) is 12.5. The molecule has 1 aromatic carbocycles. The molecular weight excluding hydrogens is 316 g/mol. The van der Waals surface area contributed by atoms with E-state index in [-0.39, 0.29) is 0 Å². The number of anilines is 1. The van der Waals surface area contributed by atoms with Gasteiger partial charge in [-0.3, -0.25) is 5.32 Å². The first-order chi connectivity index (χ1) is 11.2. The lowest BCUT2D eigenvalue weighted by molar-refractivity contribution is 0.186. The van der Waals surface area contributed by atoms with Gasteiger partial charge in [0.2, 0.25) is 5.95 Å². The smallest absolute Gasteiger partial charge is 0.413 e. The summed E-state index contributed by atoms with van der Waals surface area (Å²) >= 11 is 1.55. The van der Waals surface area contributed by atoms with E-state index in [1.165, 1.54) is 7.11 Å². The van der Waals surface area contributed by atoms with Gasteiger partial charge in [0.25, 0.3) is 0 Å². The van der Waals surface area contributed by atoms with E-state index in [0.717, 1.165) is 15.5 Å². The summed E-state index contributed by atoms with van der Waals surface area (Å²) in [5, 5.41) is 2.47. The number of aromatic nitrogens is 3. The third kappa shape index (κ3) is 3.54. The minimum Gasteiger partial charge on any atom is -0.497 e. The normalized spacial score (nSPS) is 10.5. The first-order valence-corrected chi connectivity index (χ1v) is 7.52. The van der Waals surface area contributed by atoms with Gasteiger partial charge in [-0.1, -0.05) is 17.8 Å². The van der Waals surface area contributed by atoms with Gasteiger partial charge in [-0.2, -0.15) is 0 Å². The van der Waals surface area contributed by atoms with Gasteiger partial charge in [0.1, 0.15) is 11.3 Å². The van der Waals surface area contributed by atoms with Crippen molar-refractivity contribution in [1.82, 2.24) is 15.0 Å². The molecule has 0 unspecified atom stereocenters. The minimum atomic E-state index is -0.588. The average Bonchev–Trinajstić information content (AvgIpc) is 2.96. The number of ether oxygens (including phenoxy) is 2. The quantitative estimate of drug-likeness (QED) is 0.763. The van der Waals surface area contributed by atoms with E-state index in [4.69, 9.17) is 4.74 Å². The molecule has 0 radical (unpaired) electrons. The molecule has 2 N–H and O–H groups in total. The number of amides is 1. The molecule has 0 aliphatic heterocycles. The predicted octanol–water partition coefficient (Wildman–Crippen LogP) is 3.30. The van der Waals surface area contributed by atoms with E-state index < -0.39 is 6.09 Å². The van der Waals surface area contributed by atoms with Crippen LogP contribution in [-0.4, -0.2) is 35.3 Å². The summed E-state index contributed by atoms with van der Waals surface area (Å²) in [6.45, 7) is 0. The molecular formula is C15H14N4O3S. The first kappa shape index (κ1) is 15.2. The molecule has 2 aromatic heterocycles. The van der Waals surface area contributed by atoms with Crippen molar-refractivity contribution in [1.29, 1.82) is 0 Å². The predicted molar refractivity (Wildman–Crippen MR) is 87.0 cm³/mol. The average molecular weight is 330 g/mol. The summed E-state index contributed by atoms with van der Waals surface area (Å²) in [7, 11) is 2.93. The van der Waals surface area contributed by atoms with Crippen molar-refractivity contribution >= 4 is 35.0 Å². The van der Waals surface area contributed by atoms with E-state index in [2.05, 4.69) is 25.0 Å². The summed E-state index contributed by atoms with van der Waals surface area (Å²) in [6, 6.07) is 9.66. The lowest BCUT2D eigenvalue weighted by Gasteiger charge is -2.03. The maximum atomic E-state index is 11.2. The number of hydrogen-bond acceptors (Lipinski definition) is 6. The van der Waals surface area contributed by atoms with Gasteiger partial charge in [-0.25, -0.2) is 14.8 Å². The second kappa shape index (κ2) is 6.57. The zero-order valence-corrected chi connectivity index (χ0v) is 13.3. The molecule has 0 fully saturated rings. The fourth-order valence-corrected chi connectivity index (χ4v) is 2.81. The van der Waals surface area contributed by atoms with Crippen LogP contribution in [0.1, 0.15) is 0 Å². The Hall–Kier alpha value is -2.74. The topological polar surface area (TPSA) is 89.1 Å². The number of benzene rings is 1. The van der Waals surface area contributed by atoms with Crippen molar-refractivity contribution in [2.24, 2.45) is 0 Å². The van der Waals surface area contributed by atoms with Crippen LogP contribution < -0.4 is 10.1 Å². The molecule has 23 heavy (non-hydrogen) atoms. The number of pyridine rings is 1. The highest BCUT2D eigenvalue weighted by Gasteiger charge is 2.09. The third-order valence-electron chi connectivity index (χ3n) is 2.99. The molecule has 3 aromatic rings. The number of rotatable bonds is 4. The molecule has 0 atom stereocenters. The fraction of sp³-hybridized carbons (Fsp3) is 0.133. The number of fused-ring (bicyclic) bond motifs is 1. The van der Waals surface area contributed by atoms with Crippen LogP contribution in [0.15, 0.2) is 46.3 Å². The summed E-state index contributed by atoms with van der Waals surface area (Å²) in [4.78, 5) is 24.7. The van der Waals surface area contributed by atoms with Crippen LogP contribution in [0.3, 0.4) is 0 Å². The second-order valence-corrected chi connectivity index (χ2v) is 5.67. The summed E-state index contributed by atoms with van der Waals surface area (Å²) in [5.74, 6) is 1.09. The Morgan fingerprint density at radius 2 is 2.13 bits per heavy atom. The van der Waals surface area contributed by atoms with Crippen LogP contribution in [-0.2, 0) is 4.74 Å². The van der Waals surface area contributed by atoms with Crippen molar-refractivity contribution in [3.8, 4) is 5.75 Å². The number of hydrogen-bond donors (Lipinski definition) is 2. The third-order valence-corrected chi connectivity index (χ3v) is 3.94. The standard InChI is InChI=1S/C15H14N4O3S/c1-21-9-4-3-5-10(6-9)23-11-7-12-13(16-8-11)18-14(17-12)19-15(20)22-2/h3-8H,1-2H3,(H2,16,17,18,19,20). The van der Waals surface area contributed by atoms with E-state index in [9.17, 15) is 4.79 Å². The van der Waals surface area contributed by atoms with Crippen LogP contribution >= 0.6 is 11.8 Å². The summed E-state index contributed by atoms with van der Waals surface area (Å²) in [6.07, 6.45) is 1.15. The summed E-state index contributed by atoms with van der Waals surface area (Å²) in [5.41, 5.74) is 1.25. The number of nitrogens with one attached hydrogen (secondary N) is 2.